The van der Waals surface area contributed by atoms with Crippen LogP contribution in [0.1, 0.15) is 285 Å². The zero-order valence-electron chi connectivity index (χ0n) is 38.8. The highest BCUT2D eigenvalue weighted by Gasteiger charge is 2.19. The van der Waals surface area contributed by atoms with Crippen molar-refractivity contribution in [2.75, 3.05) is 13.2 Å². The lowest BCUT2D eigenvalue weighted by Crippen LogP contribution is -2.30. The van der Waals surface area contributed by atoms with Gasteiger partial charge in [-0.1, -0.05) is 246 Å². The van der Waals surface area contributed by atoms with E-state index in [0.29, 0.717) is 19.3 Å². The second-order valence-corrected chi connectivity index (χ2v) is 17.9. The Hall–Kier alpha value is -1.59. The summed E-state index contributed by atoms with van der Waals surface area (Å²) in [6, 6.07) is 0. The first-order valence-electron chi connectivity index (χ1n) is 25.4. The second-order valence-electron chi connectivity index (χ2n) is 17.9. The van der Waals surface area contributed by atoms with Crippen LogP contribution < -0.4 is 0 Å². The molecule has 0 radical (unpaired) electrons. The van der Waals surface area contributed by atoms with Crippen molar-refractivity contribution >= 4 is 17.9 Å². The molecule has 0 aromatic carbocycles. The molecule has 57 heavy (non-hydrogen) atoms. The van der Waals surface area contributed by atoms with E-state index in [0.717, 1.165) is 63.7 Å². The third-order valence-electron chi connectivity index (χ3n) is 11.5. The molecule has 0 saturated carbocycles. The highest BCUT2D eigenvalue weighted by molar-refractivity contribution is 5.71. The van der Waals surface area contributed by atoms with Crippen LogP contribution in [0.5, 0.6) is 0 Å². The van der Waals surface area contributed by atoms with Gasteiger partial charge in [-0.2, -0.15) is 0 Å². The van der Waals surface area contributed by atoms with Crippen molar-refractivity contribution in [1.82, 2.24) is 0 Å². The summed E-state index contributed by atoms with van der Waals surface area (Å²) in [5.41, 5.74) is 0. The van der Waals surface area contributed by atoms with Crippen molar-refractivity contribution in [2.24, 2.45) is 5.92 Å². The molecule has 6 nitrogen and oxygen atoms in total. The van der Waals surface area contributed by atoms with E-state index in [1.165, 1.54) is 180 Å². The van der Waals surface area contributed by atoms with E-state index in [9.17, 15) is 14.4 Å². The lowest BCUT2D eigenvalue weighted by molar-refractivity contribution is -0.167. The zero-order chi connectivity index (χ0) is 41.7. The zero-order valence-corrected chi connectivity index (χ0v) is 38.8. The van der Waals surface area contributed by atoms with Crippen LogP contribution >= 0.6 is 0 Å². The fraction of sp³-hybridized carbons (Fsp3) is 0.941. The van der Waals surface area contributed by atoms with Crippen LogP contribution in [0, 0.1) is 5.92 Å². The molecule has 0 aliphatic carbocycles. The molecule has 0 spiro atoms. The van der Waals surface area contributed by atoms with Gasteiger partial charge in [0.1, 0.15) is 13.2 Å². The first-order chi connectivity index (χ1) is 27.9. The highest BCUT2D eigenvalue weighted by atomic mass is 16.6. The van der Waals surface area contributed by atoms with Crippen LogP contribution in [-0.2, 0) is 28.6 Å². The van der Waals surface area contributed by atoms with Crippen LogP contribution in [0.4, 0.5) is 0 Å². The van der Waals surface area contributed by atoms with E-state index in [2.05, 4.69) is 27.7 Å². The molecule has 0 rings (SSSR count). The lowest BCUT2D eigenvalue weighted by Gasteiger charge is -2.18. The van der Waals surface area contributed by atoms with Crippen LogP contribution in [0.15, 0.2) is 0 Å². The van der Waals surface area contributed by atoms with Gasteiger partial charge in [-0.25, -0.2) is 0 Å². The van der Waals surface area contributed by atoms with Crippen molar-refractivity contribution in [1.29, 1.82) is 0 Å². The number of carbonyl (C=O) groups excluding carboxylic acids is 3. The molecule has 0 heterocycles. The Kier molecular flexibility index (Phi) is 44.2. The molecule has 1 atom stereocenters. The van der Waals surface area contributed by atoms with Crippen LogP contribution in [0.2, 0.25) is 0 Å². The van der Waals surface area contributed by atoms with Gasteiger partial charge < -0.3 is 14.2 Å². The van der Waals surface area contributed by atoms with E-state index >= 15 is 0 Å². The summed E-state index contributed by atoms with van der Waals surface area (Å²) in [7, 11) is 0. The Bertz CT molecular complexity index is 857. The summed E-state index contributed by atoms with van der Waals surface area (Å²) < 4.78 is 16.7. The molecule has 6 heteroatoms. The molecule has 0 aliphatic rings. The number of ether oxygens (including phenoxy) is 3. The number of hydrogen-bond donors (Lipinski definition) is 0. The number of carbonyl (C=O) groups is 3. The first kappa shape index (κ1) is 55.4. The fourth-order valence-electron chi connectivity index (χ4n) is 7.69. The molecule has 0 bridgehead atoms. The second kappa shape index (κ2) is 45.5. The predicted octanol–water partition coefficient (Wildman–Crippen LogP) is 16.3. The van der Waals surface area contributed by atoms with Gasteiger partial charge in [0, 0.05) is 19.3 Å². The SMILES string of the molecule is CCCCCCCCCCCCCCCCCCCCCC(=O)O[C@@H](COC(=O)CCCCCCCCCCCCC)COC(=O)CCCCCCCCC(C)C. The topological polar surface area (TPSA) is 78.9 Å². The van der Waals surface area contributed by atoms with Gasteiger partial charge in [-0.3, -0.25) is 14.4 Å². The molecular formula is C51H98O6. The molecule has 0 aromatic heterocycles. The van der Waals surface area contributed by atoms with Crippen molar-refractivity contribution in [3.63, 3.8) is 0 Å². The van der Waals surface area contributed by atoms with Gasteiger partial charge in [-0.15, -0.1) is 0 Å². The lowest BCUT2D eigenvalue weighted by atomic mass is 10.0. The summed E-state index contributed by atoms with van der Waals surface area (Å²) in [6.07, 6.45) is 46.8. The summed E-state index contributed by atoms with van der Waals surface area (Å²) in [5.74, 6) is -0.0893. The molecule has 0 unspecified atom stereocenters. The van der Waals surface area contributed by atoms with E-state index < -0.39 is 6.10 Å². The summed E-state index contributed by atoms with van der Waals surface area (Å²) in [5, 5.41) is 0. The number of esters is 3. The molecular weight excluding hydrogens is 709 g/mol. The summed E-state index contributed by atoms with van der Waals surface area (Å²) in [6.45, 7) is 8.95. The Morgan fingerprint density at radius 3 is 0.860 bits per heavy atom. The van der Waals surface area contributed by atoms with Gasteiger partial charge in [0.2, 0.25) is 0 Å². The number of hydrogen-bond acceptors (Lipinski definition) is 6. The van der Waals surface area contributed by atoms with Crippen molar-refractivity contribution < 1.29 is 28.6 Å². The third kappa shape index (κ3) is 45.3. The van der Waals surface area contributed by atoms with E-state index in [4.69, 9.17) is 14.2 Å². The maximum absolute atomic E-state index is 12.8. The molecule has 0 aliphatic heterocycles. The molecule has 0 amide bonds. The van der Waals surface area contributed by atoms with Crippen molar-refractivity contribution in [3.8, 4) is 0 Å². The summed E-state index contributed by atoms with van der Waals surface area (Å²) in [4.78, 5) is 37.8. The molecule has 0 aromatic rings. The molecule has 0 saturated heterocycles. The maximum atomic E-state index is 12.8. The Morgan fingerprint density at radius 1 is 0.333 bits per heavy atom. The van der Waals surface area contributed by atoms with Crippen molar-refractivity contribution in [2.45, 2.75) is 291 Å². The third-order valence-corrected chi connectivity index (χ3v) is 11.5. The molecule has 338 valence electrons. The van der Waals surface area contributed by atoms with Gasteiger partial charge >= 0.3 is 17.9 Å². The van der Waals surface area contributed by atoms with Gasteiger partial charge in [0.05, 0.1) is 0 Å². The largest absolute Gasteiger partial charge is 0.462 e. The number of rotatable bonds is 46. The minimum Gasteiger partial charge on any atom is -0.462 e. The van der Waals surface area contributed by atoms with Crippen LogP contribution in [-0.4, -0.2) is 37.2 Å². The van der Waals surface area contributed by atoms with Gasteiger partial charge in [-0.05, 0) is 25.2 Å². The Morgan fingerprint density at radius 2 is 0.579 bits per heavy atom. The minimum absolute atomic E-state index is 0.0640. The average molecular weight is 807 g/mol. The van der Waals surface area contributed by atoms with Crippen LogP contribution in [0.3, 0.4) is 0 Å². The van der Waals surface area contributed by atoms with Gasteiger partial charge in [0.15, 0.2) is 6.10 Å². The Labute approximate surface area is 355 Å². The quantitative estimate of drug-likeness (QED) is 0.0346. The van der Waals surface area contributed by atoms with E-state index in [1.54, 1.807) is 0 Å². The normalized spacial score (nSPS) is 11.9. The van der Waals surface area contributed by atoms with E-state index in [-0.39, 0.29) is 31.1 Å². The maximum Gasteiger partial charge on any atom is 0.306 e. The summed E-state index contributed by atoms with van der Waals surface area (Å²) >= 11 is 0. The van der Waals surface area contributed by atoms with E-state index in [1.807, 2.05) is 0 Å². The fourth-order valence-corrected chi connectivity index (χ4v) is 7.69. The minimum atomic E-state index is -0.760. The number of unbranched alkanes of at least 4 members (excludes halogenated alkanes) is 33. The average Bonchev–Trinajstić information content (AvgIpc) is 3.19. The van der Waals surface area contributed by atoms with Gasteiger partial charge in [0.25, 0.3) is 0 Å². The smallest absolute Gasteiger partial charge is 0.306 e. The highest BCUT2D eigenvalue weighted by Crippen LogP contribution is 2.17. The van der Waals surface area contributed by atoms with Crippen molar-refractivity contribution in [3.05, 3.63) is 0 Å². The standard InChI is InChI=1S/C51H98O6/c1-5-7-9-11-13-15-17-18-19-20-21-22-23-24-26-28-30-36-40-44-51(54)57-48(46-56-50(53)43-39-35-32-31-33-37-41-47(3)4)45-55-49(52)42-38-34-29-27-25-16-14-12-10-8-6-2/h47-48H,5-46H2,1-4H3/t48-/m0/s1. The first-order valence-corrected chi connectivity index (χ1v) is 25.4. The Balaban J connectivity index is 4.22. The molecule has 0 fully saturated rings. The monoisotopic (exact) mass is 807 g/mol. The predicted molar refractivity (Wildman–Crippen MR) is 243 cm³/mol. The molecule has 0 N–H and O–H groups in total. The van der Waals surface area contributed by atoms with Crippen LogP contribution in [0.25, 0.3) is 0 Å².